The minimum atomic E-state index is -1.14. The number of esters is 1. The molecule has 2 aromatic carbocycles. The van der Waals surface area contributed by atoms with Crippen molar-refractivity contribution in [2.75, 3.05) is 18.3 Å². The van der Waals surface area contributed by atoms with Crippen molar-refractivity contribution in [3.05, 3.63) is 64.9 Å². The molecule has 7 nitrogen and oxygen atoms in total. The normalized spacial score (nSPS) is 17.8. The standard InChI is InChI=1S/C21H18F2N2O5/c1-3-28-20(26)18-11(2)25(13-5-7-16-17(9-13)30-10-29-16)21(27)24-19(18)14-6-4-12(22)8-15(14)23/h4-9,19H,3,10H2,1-2H3,(H,24,27)/t19-/m0/s1. The topological polar surface area (TPSA) is 77.1 Å². The van der Waals surface area contributed by atoms with E-state index in [1.165, 1.54) is 11.0 Å². The quantitative estimate of drug-likeness (QED) is 0.768. The number of amides is 2. The fraction of sp³-hybridized carbons (Fsp3) is 0.238. The second-order valence-corrected chi connectivity index (χ2v) is 6.64. The summed E-state index contributed by atoms with van der Waals surface area (Å²) in [7, 11) is 0. The Morgan fingerprint density at radius 3 is 2.70 bits per heavy atom. The number of rotatable bonds is 4. The summed E-state index contributed by atoms with van der Waals surface area (Å²) in [5, 5.41) is 2.62. The van der Waals surface area contributed by atoms with Gasteiger partial charge < -0.3 is 19.5 Å². The summed E-state index contributed by atoms with van der Waals surface area (Å²) in [4.78, 5) is 27.0. The van der Waals surface area contributed by atoms with Crippen molar-refractivity contribution in [2.24, 2.45) is 0 Å². The highest BCUT2D eigenvalue weighted by atomic mass is 19.1. The SMILES string of the molecule is CCOC(=O)C1=C(C)N(c2ccc3c(c2)OCO3)C(=O)N[C@H]1c1ccc(F)cc1F. The number of fused-ring (bicyclic) bond motifs is 1. The van der Waals surface area contributed by atoms with Crippen molar-refractivity contribution in [1.82, 2.24) is 5.32 Å². The molecule has 2 aliphatic rings. The van der Waals surface area contributed by atoms with E-state index in [4.69, 9.17) is 14.2 Å². The average Bonchev–Trinajstić information content (AvgIpc) is 3.15. The zero-order valence-corrected chi connectivity index (χ0v) is 16.2. The molecule has 156 valence electrons. The van der Waals surface area contributed by atoms with Crippen molar-refractivity contribution in [2.45, 2.75) is 19.9 Å². The Morgan fingerprint density at radius 1 is 1.20 bits per heavy atom. The molecule has 9 heteroatoms. The first-order chi connectivity index (χ1) is 14.4. The van der Waals surface area contributed by atoms with Gasteiger partial charge in [-0.15, -0.1) is 0 Å². The molecule has 2 heterocycles. The summed E-state index contributed by atoms with van der Waals surface area (Å²) < 4.78 is 43.6. The monoisotopic (exact) mass is 416 g/mol. The maximum Gasteiger partial charge on any atom is 0.338 e. The van der Waals surface area contributed by atoms with Crippen LogP contribution in [0.3, 0.4) is 0 Å². The van der Waals surface area contributed by atoms with Gasteiger partial charge in [-0.2, -0.15) is 0 Å². The second-order valence-electron chi connectivity index (χ2n) is 6.64. The molecule has 2 aliphatic heterocycles. The van der Waals surface area contributed by atoms with Crippen LogP contribution < -0.4 is 19.7 Å². The number of allylic oxidation sites excluding steroid dienone is 1. The molecule has 30 heavy (non-hydrogen) atoms. The lowest BCUT2D eigenvalue weighted by atomic mass is 9.94. The zero-order valence-electron chi connectivity index (χ0n) is 16.2. The minimum absolute atomic E-state index is 0.0413. The lowest BCUT2D eigenvalue weighted by Crippen LogP contribution is -2.48. The van der Waals surface area contributed by atoms with E-state index in [2.05, 4.69) is 5.32 Å². The minimum Gasteiger partial charge on any atom is -0.463 e. The molecule has 0 aromatic heterocycles. The predicted octanol–water partition coefficient (Wildman–Crippen LogP) is 3.80. The van der Waals surface area contributed by atoms with Gasteiger partial charge in [-0.1, -0.05) is 6.07 Å². The molecule has 0 saturated heterocycles. The molecule has 0 radical (unpaired) electrons. The summed E-state index contributed by atoms with van der Waals surface area (Å²) in [6, 6.07) is 6.12. The summed E-state index contributed by atoms with van der Waals surface area (Å²) in [5.74, 6) is -1.37. The van der Waals surface area contributed by atoms with Gasteiger partial charge in [-0.05, 0) is 32.0 Å². The van der Waals surface area contributed by atoms with E-state index in [9.17, 15) is 18.4 Å². The van der Waals surface area contributed by atoms with Crippen LogP contribution in [-0.2, 0) is 9.53 Å². The molecule has 0 saturated carbocycles. The fourth-order valence-electron chi connectivity index (χ4n) is 3.52. The smallest absolute Gasteiger partial charge is 0.338 e. The number of hydrogen-bond donors (Lipinski definition) is 1. The van der Waals surface area contributed by atoms with Crippen LogP contribution in [0.15, 0.2) is 47.7 Å². The van der Waals surface area contributed by atoms with Crippen LogP contribution in [0.25, 0.3) is 0 Å². The number of carbonyl (C=O) groups excluding carboxylic acids is 2. The first kappa shape index (κ1) is 19.7. The predicted molar refractivity (Wildman–Crippen MR) is 102 cm³/mol. The first-order valence-electron chi connectivity index (χ1n) is 9.23. The van der Waals surface area contributed by atoms with Crippen LogP contribution in [-0.4, -0.2) is 25.4 Å². The molecular formula is C21H18F2N2O5. The molecule has 0 unspecified atom stereocenters. The van der Waals surface area contributed by atoms with Crippen molar-refractivity contribution in [3.8, 4) is 11.5 Å². The molecule has 1 N–H and O–H groups in total. The van der Waals surface area contributed by atoms with E-state index in [0.29, 0.717) is 23.3 Å². The number of hydrogen-bond acceptors (Lipinski definition) is 5. The van der Waals surface area contributed by atoms with Gasteiger partial charge in [0.05, 0.1) is 23.9 Å². The highest BCUT2D eigenvalue weighted by Crippen LogP contribution is 2.39. The number of halogens is 2. The molecule has 0 aliphatic carbocycles. The maximum atomic E-state index is 14.5. The van der Waals surface area contributed by atoms with E-state index in [-0.39, 0.29) is 30.2 Å². The highest BCUT2D eigenvalue weighted by Gasteiger charge is 2.38. The molecule has 0 spiro atoms. The number of nitrogens with zero attached hydrogens (tertiary/aromatic N) is 1. The van der Waals surface area contributed by atoms with Crippen LogP contribution in [0.1, 0.15) is 25.5 Å². The van der Waals surface area contributed by atoms with Gasteiger partial charge in [0.15, 0.2) is 11.5 Å². The van der Waals surface area contributed by atoms with Gasteiger partial charge >= 0.3 is 12.0 Å². The van der Waals surface area contributed by atoms with E-state index < -0.39 is 29.7 Å². The summed E-state index contributed by atoms with van der Waals surface area (Å²) in [6.07, 6.45) is 0. The Hall–Kier alpha value is -3.62. The van der Waals surface area contributed by atoms with Crippen LogP contribution in [0.5, 0.6) is 11.5 Å². The van der Waals surface area contributed by atoms with E-state index >= 15 is 0 Å². The third-order valence-corrected chi connectivity index (χ3v) is 4.87. The molecule has 1 atom stereocenters. The number of nitrogens with one attached hydrogen (secondary N) is 1. The maximum absolute atomic E-state index is 14.5. The van der Waals surface area contributed by atoms with E-state index in [1.807, 2.05) is 0 Å². The Labute approximate surface area is 170 Å². The van der Waals surface area contributed by atoms with Gasteiger partial charge in [0, 0.05) is 23.4 Å². The zero-order chi connectivity index (χ0) is 21.4. The Balaban J connectivity index is 1.83. The number of benzene rings is 2. The molecule has 0 bridgehead atoms. The van der Waals surface area contributed by atoms with Crippen molar-refractivity contribution >= 4 is 17.7 Å². The first-order valence-corrected chi connectivity index (χ1v) is 9.23. The van der Waals surface area contributed by atoms with Crippen molar-refractivity contribution in [1.29, 1.82) is 0 Å². The molecule has 4 rings (SSSR count). The van der Waals surface area contributed by atoms with Gasteiger partial charge in [0.25, 0.3) is 0 Å². The largest absolute Gasteiger partial charge is 0.463 e. The third-order valence-electron chi connectivity index (χ3n) is 4.87. The van der Waals surface area contributed by atoms with E-state index in [0.717, 1.165) is 6.07 Å². The third kappa shape index (κ3) is 3.32. The number of urea groups is 1. The number of ether oxygens (including phenoxy) is 3. The average molecular weight is 416 g/mol. The van der Waals surface area contributed by atoms with Gasteiger partial charge in [0.1, 0.15) is 11.6 Å². The van der Waals surface area contributed by atoms with E-state index in [1.54, 1.807) is 32.0 Å². The van der Waals surface area contributed by atoms with Crippen LogP contribution in [0, 0.1) is 11.6 Å². The Bertz CT molecular complexity index is 1070. The summed E-state index contributed by atoms with van der Waals surface area (Å²) in [5.41, 5.74) is 0.677. The van der Waals surface area contributed by atoms with Crippen molar-refractivity contribution < 1.29 is 32.6 Å². The lowest BCUT2D eigenvalue weighted by Gasteiger charge is -2.35. The molecular weight excluding hydrogens is 398 g/mol. The van der Waals surface area contributed by atoms with Crippen LogP contribution in [0.4, 0.5) is 19.3 Å². The molecule has 2 amide bonds. The van der Waals surface area contributed by atoms with Gasteiger partial charge in [-0.25, -0.2) is 18.4 Å². The van der Waals surface area contributed by atoms with Crippen LogP contribution in [0.2, 0.25) is 0 Å². The Kier molecular flexibility index (Phi) is 5.03. The second kappa shape index (κ2) is 7.66. The Morgan fingerprint density at radius 2 is 1.97 bits per heavy atom. The fourth-order valence-corrected chi connectivity index (χ4v) is 3.52. The van der Waals surface area contributed by atoms with Crippen molar-refractivity contribution in [3.63, 3.8) is 0 Å². The summed E-state index contributed by atoms with van der Waals surface area (Å²) in [6.45, 7) is 3.36. The number of carbonyl (C=O) groups is 2. The van der Waals surface area contributed by atoms with Gasteiger partial charge in [-0.3, -0.25) is 4.90 Å². The number of anilines is 1. The lowest BCUT2D eigenvalue weighted by molar-refractivity contribution is -0.139. The molecule has 2 aromatic rings. The van der Waals surface area contributed by atoms with Crippen LogP contribution >= 0.6 is 0 Å². The highest BCUT2D eigenvalue weighted by molar-refractivity contribution is 6.03. The van der Waals surface area contributed by atoms with Gasteiger partial charge in [0.2, 0.25) is 6.79 Å². The molecule has 0 fully saturated rings. The summed E-state index contributed by atoms with van der Waals surface area (Å²) >= 11 is 0.